The third-order valence-corrected chi connectivity index (χ3v) is 2.99. The molecule has 2 heteroatoms. The second-order valence-electron chi connectivity index (χ2n) is 4.26. The molecule has 0 amide bonds. The van der Waals surface area contributed by atoms with Gasteiger partial charge in [0, 0.05) is 11.4 Å². The van der Waals surface area contributed by atoms with Gasteiger partial charge >= 0.3 is 18.9 Å². The SMILES string of the molecule is C1=CC=C(N(c2ccccc2)c2ccccc2)[CH-]C=1.[Li+]. The van der Waals surface area contributed by atoms with Crippen molar-refractivity contribution >= 4 is 11.4 Å². The molecule has 0 N–H and O–H groups in total. The van der Waals surface area contributed by atoms with Crippen molar-refractivity contribution in [2.75, 3.05) is 4.90 Å². The Morgan fingerprint density at radius 3 is 1.80 bits per heavy atom. The zero-order valence-corrected chi connectivity index (χ0v) is 11.5. The predicted molar refractivity (Wildman–Crippen MR) is 80.1 cm³/mol. The van der Waals surface area contributed by atoms with Crippen LogP contribution < -0.4 is 23.8 Å². The van der Waals surface area contributed by atoms with Crippen LogP contribution in [-0.4, -0.2) is 0 Å². The zero-order chi connectivity index (χ0) is 12.9. The molecule has 0 heterocycles. The van der Waals surface area contributed by atoms with Crippen LogP contribution in [-0.2, 0) is 0 Å². The number of rotatable bonds is 3. The average Bonchev–Trinajstić information content (AvgIpc) is 2.51. The molecular formula is C18H14LiN. The van der Waals surface area contributed by atoms with E-state index in [0.717, 1.165) is 17.1 Å². The molecule has 0 aliphatic heterocycles. The van der Waals surface area contributed by atoms with Gasteiger partial charge in [-0.05, 0) is 24.3 Å². The Kier molecular flexibility index (Phi) is 4.99. The van der Waals surface area contributed by atoms with Gasteiger partial charge in [-0.1, -0.05) is 42.1 Å². The van der Waals surface area contributed by atoms with E-state index in [2.05, 4.69) is 71.7 Å². The minimum absolute atomic E-state index is 0. The van der Waals surface area contributed by atoms with Crippen LogP contribution in [0.2, 0.25) is 0 Å². The summed E-state index contributed by atoms with van der Waals surface area (Å²) in [7, 11) is 0. The third-order valence-electron chi connectivity index (χ3n) is 2.99. The van der Waals surface area contributed by atoms with Crippen LogP contribution in [0.4, 0.5) is 11.4 Å². The summed E-state index contributed by atoms with van der Waals surface area (Å²) in [6.45, 7) is 0. The summed E-state index contributed by atoms with van der Waals surface area (Å²) in [6.07, 6.45) is 8.02. The van der Waals surface area contributed by atoms with Crippen molar-refractivity contribution in [2.45, 2.75) is 0 Å². The monoisotopic (exact) mass is 251 g/mol. The molecule has 0 saturated carbocycles. The standard InChI is InChI=1S/C18H14N.Li/c1-4-10-16(11-5-1)19(17-12-6-2-7-13-17)18-14-8-3-9-15-18;/h1-2,4-15H;/q-1;+1. The summed E-state index contributed by atoms with van der Waals surface area (Å²) in [5.74, 6) is 0. The first-order valence-corrected chi connectivity index (χ1v) is 6.31. The van der Waals surface area contributed by atoms with Crippen molar-refractivity contribution in [1.29, 1.82) is 0 Å². The number of anilines is 2. The third kappa shape index (κ3) is 3.10. The number of benzene rings is 2. The molecule has 1 aliphatic rings. The number of nitrogens with zero attached hydrogens (tertiary/aromatic N) is 1. The van der Waals surface area contributed by atoms with Crippen molar-refractivity contribution in [2.24, 2.45) is 0 Å². The molecular weight excluding hydrogens is 237 g/mol. The Morgan fingerprint density at radius 2 is 1.35 bits per heavy atom. The molecule has 20 heavy (non-hydrogen) atoms. The summed E-state index contributed by atoms with van der Waals surface area (Å²) >= 11 is 0. The summed E-state index contributed by atoms with van der Waals surface area (Å²) in [4.78, 5) is 2.23. The maximum absolute atomic E-state index is 3.06. The van der Waals surface area contributed by atoms with Crippen molar-refractivity contribution in [3.8, 4) is 0 Å². The number of hydrogen-bond acceptors (Lipinski definition) is 1. The van der Waals surface area contributed by atoms with E-state index in [4.69, 9.17) is 0 Å². The van der Waals surface area contributed by atoms with Gasteiger partial charge in [0.1, 0.15) is 0 Å². The molecule has 0 spiro atoms. The summed E-state index contributed by atoms with van der Waals surface area (Å²) in [5, 5.41) is 0. The van der Waals surface area contributed by atoms with Gasteiger partial charge in [0.25, 0.3) is 0 Å². The number of hydrogen-bond donors (Lipinski definition) is 0. The second-order valence-corrected chi connectivity index (χ2v) is 4.26. The van der Waals surface area contributed by atoms with E-state index in [0.29, 0.717) is 0 Å². The molecule has 0 saturated heterocycles. The van der Waals surface area contributed by atoms with Crippen LogP contribution in [0.15, 0.2) is 90.3 Å². The average molecular weight is 251 g/mol. The normalized spacial score (nSPS) is 12.1. The minimum Gasteiger partial charge on any atom is -0.334 e. The van der Waals surface area contributed by atoms with Crippen molar-refractivity contribution in [3.63, 3.8) is 0 Å². The van der Waals surface area contributed by atoms with E-state index in [1.54, 1.807) is 0 Å². The molecule has 92 valence electrons. The van der Waals surface area contributed by atoms with Gasteiger partial charge < -0.3 is 4.90 Å². The smallest absolute Gasteiger partial charge is 0.334 e. The molecule has 1 aliphatic carbocycles. The van der Waals surface area contributed by atoms with Gasteiger partial charge in [-0.15, -0.1) is 24.6 Å². The van der Waals surface area contributed by atoms with E-state index in [-0.39, 0.29) is 18.9 Å². The molecule has 3 rings (SSSR count). The Hall–Kier alpha value is -2.03. The first kappa shape index (κ1) is 14.4. The zero-order valence-electron chi connectivity index (χ0n) is 11.5. The molecule has 0 unspecified atom stereocenters. The van der Waals surface area contributed by atoms with Crippen LogP contribution in [0, 0.1) is 6.42 Å². The summed E-state index contributed by atoms with van der Waals surface area (Å²) in [5.41, 5.74) is 6.50. The summed E-state index contributed by atoms with van der Waals surface area (Å²) < 4.78 is 0. The topological polar surface area (TPSA) is 3.24 Å². The quantitative estimate of drug-likeness (QED) is 0.455. The largest absolute Gasteiger partial charge is 1.00 e. The predicted octanol–water partition coefficient (Wildman–Crippen LogP) is 1.64. The molecule has 0 radical (unpaired) electrons. The first-order chi connectivity index (χ1) is 9.45. The second kappa shape index (κ2) is 6.94. The molecule has 0 bridgehead atoms. The molecule has 0 aromatic heterocycles. The Morgan fingerprint density at radius 1 is 0.800 bits per heavy atom. The fraction of sp³-hybridized carbons (Fsp3) is 0. The van der Waals surface area contributed by atoms with Crippen LogP contribution in [0.1, 0.15) is 0 Å². The van der Waals surface area contributed by atoms with Crippen molar-refractivity contribution in [3.05, 3.63) is 96.7 Å². The minimum atomic E-state index is 0. The molecule has 1 nitrogen and oxygen atoms in total. The van der Waals surface area contributed by atoms with Gasteiger partial charge in [-0.25, -0.2) is 0 Å². The van der Waals surface area contributed by atoms with Crippen LogP contribution in [0.25, 0.3) is 0 Å². The van der Waals surface area contributed by atoms with E-state index >= 15 is 0 Å². The van der Waals surface area contributed by atoms with Gasteiger partial charge in [0.15, 0.2) is 0 Å². The fourth-order valence-electron chi connectivity index (χ4n) is 2.13. The van der Waals surface area contributed by atoms with E-state index in [1.165, 1.54) is 0 Å². The summed E-state index contributed by atoms with van der Waals surface area (Å²) in [6, 6.07) is 20.7. The van der Waals surface area contributed by atoms with Gasteiger partial charge in [-0.3, -0.25) is 5.73 Å². The van der Waals surface area contributed by atoms with Crippen molar-refractivity contribution < 1.29 is 18.9 Å². The molecule has 0 fully saturated rings. The molecule has 0 atom stereocenters. The maximum atomic E-state index is 3.06. The number of para-hydroxylation sites is 2. The van der Waals surface area contributed by atoms with E-state index in [9.17, 15) is 0 Å². The van der Waals surface area contributed by atoms with Crippen molar-refractivity contribution in [1.82, 2.24) is 0 Å². The van der Waals surface area contributed by atoms with Gasteiger partial charge in [0.2, 0.25) is 0 Å². The van der Waals surface area contributed by atoms with Crippen LogP contribution in [0.3, 0.4) is 0 Å². The maximum Gasteiger partial charge on any atom is 1.00 e. The molecule has 2 aromatic rings. The Bertz CT molecular complexity index is 598. The van der Waals surface area contributed by atoms with Crippen LogP contribution in [0.5, 0.6) is 0 Å². The Labute approximate surface area is 132 Å². The van der Waals surface area contributed by atoms with E-state index < -0.39 is 0 Å². The fourth-order valence-corrected chi connectivity index (χ4v) is 2.13. The van der Waals surface area contributed by atoms with Gasteiger partial charge in [0.05, 0.1) is 0 Å². The number of allylic oxidation sites excluding steroid dienone is 2. The first-order valence-electron chi connectivity index (χ1n) is 6.31. The van der Waals surface area contributed by atoms with E-state index in [1.807, 2.05) is 24.3 Å². The van der Waals surface area contributed by atoms with Crippen LogP contribution >= 0.6 is 0 Å². The Balaban J connectivity index is 0.00000147. The molecule has 2 aromatic carbocycles. The van der Waals surface area contributed by atoms with Gasteiger partial charge in [-0.2, -0.15) is 0 Å².